The van der Waals surface area contributed by atoms with E-state index in [-0.39, 0.29) is 11.8 Å². The third kappa shape index (κ3) is 4.06. The van der Waals surface area contributed by atoms with Crippen LogP contribution in [0.3, 0.4) is 0 Å². The Morgan fingerprint density at radius 1 is 1.10 bits per heavy atom. The van der Waals surface area contributed by atoms with E-state index in [0.717, 1.165) is 11.1 Å². The van der Waals surface area contributed by atoms with Gasteiger partial charge in [-0.3, -0.25) is 0 Å². The van der Waals surface area contributed by atoms with E-state index in [1.807, 2.05) is 19.1 Å². The van der Waals surface area contributed by atoms with Crippen LogP contribution in [0.25, 0.3) is 0 Å². The van der Waals surface area contributed by atoms with E-state index in [9.17, 15) is 13.5 Å². The maximum absolute atomic E-state index is 11.4. The van der Waals surface area contributed by atoms with Gasteiger partial charge in [0.25, 0.3) is 0 Å². The molecule has 2 aromatic carbocycles. The van der Waals surface area contributed by atoms with Gasteiger partial charge in [-0.1, -0.05) is 30.3 Å². The van der Waals surface area contributed by atoms with Gasteiger partial charge in [0.15, 0.2) is 9.84 Å². The summed E-state index contributed by atoms with van der Waals surface area (Å²) in [5.74, 6) is 0.268. The highest BCUT2D eigenvalue weighted by Gasteiger charge is 2.10. The molecule has 0 heterocycles. The van der Waals surface area contributed by atoms with Gasteiger partial charge in [-0.05, 0) is 30.7 Å². The van der Waals surface area contributed by atoms with E-state index in [0.29, 0.717) is 11.4 Å². The van der Waals surface area contributed by atoms with E-state index in [1.54, 1.807) is 36.4 Å². The fraction of sp³-hybridized carbons (Fsp3) is 0.250. The predicted octanol–water partition coefficient (Wildman–Crippen LogP) is 2.65. The first kappa shape index (κ1) is 15.5. The lowest BCUT2D eigenvalue weighted by Crippen LogP contribution is -2.18. The molecule has 0 saturated heterocycles. The minimum Gasteiger partial charge on any atom is -0.508 e. The number of rotatable bonds is 5. The first-order chi connectivity index (χ1) is 9.88. The Bertz CT molecular complexity index is 709. The molecule has 0 aliphatic rings. The summed E-state index contributed by atoms with van der Waals surface area (Å²) in [6.07, 6.45) is 1.20. The van der Waals surface area contributed by atoms with Crippen molar-refractivity contribution in [2.45, 2.75) is 24.4 Å². The summed E-state index contributed by atoms with van der Waals surface area (Å²) in [5, 5.41) is 13.0. The molecular weight excluding hydrogens is 286 g/mol. The van der Waals surface area contributed by atoms with E-state index >= 15 is 0 Å². The molecule has 4 nitrogen and oxygen atoms in total. The summed E-state index contributed by atoms with van der Waals surface area (Å²) in [4.78, 5) is 0.319. The number of benzene rings is 2. The molecule has 0 radical (unpaired) electrons. The first-order valence-corrected chi connectivity index (χ1v) is 8.57. The standard InChI is InChI=1S/C16H19NO3S/c1-12(17-11-14-5-3-4-6-16(14)18)13-7-9-15(10-8-13)21(2,19)20/h3-10,12,17-18H,11H2,1-2H3. The van der Waals surface area contributed by atoms with Crippen LogP contribution in [0.5, 0.6) is 5.75 Å². The molecule has 1 unspecified atom stereocenters. The van der Waals surface area contributed by atoms with Gasteiger partial charge in [0.05, 0.1) is 4.90 Å². The molecule has 2 aromatic rings. The van der Waals surface area contributed by atoms with Gasteiger partial charge in [-0.25, -0.2) is 8.42 Å². The third-order valence-corrected chi connectivity index (χ3v) is 4.53. The molecule has 21 heavy (non-hydrogen) atoms. The van der Waals surface area contributed by atoms with Gasteiger partial charge >= 0.3 is 0 Å². The van der Waals surface area contributed by atoms with Gasteiger partial charge < -0.3 is 10.4 Å². The average Bonchev–Trinajstić information content (AvgIpc) is 2.45. The molecule has 0 bridgehead atoms. The monoisotopic (exact) mass is 305 g/mol. The number of nitrogens with one attached hydrogen (secondary N) is 1. The highest BCUT2D eigenvalue weighted by molar-refractivity contribution is 7.90. The molecule has 1 atom stereocenters. The van der Waals surface area contributed by atoms with Crippen LogP contribution >= 0.6 is 0 Å². The van der Waals surface area contributed by atoms with Crippen molar-refractivity contribution in [2.24, 2.45) is 0 Å². The molecule has 0 aliphatic carbocycles. The van der Waals surface area contributed by atoms with Crippen molar-refractivity contribution >= 4 is 9.84 Å². The van der Waals surface area contributed by atoms with Crippen LogP contribution in [-0.4, -0.2) is 19.8 Å². The summed E-state index contributed by atoms with van der Waals surface area (Å²) < 4.78 is 22.8. The quantitative estimate of drug-likeness (QED) is 0.891. The van der Waals surface area contributed by atoms with Gasteiger partial charge in [0, 0.05) is 24.4 Å². The molecule has 0 aliphatic heterocycles. The van der Waals surface area contributed by atoms with E-state index in [2.05, 4.69) is 5.32 Å². The second-order valence-electron chi connectivity index (χ2n) is 5.07. The molecule has 0 spiro atoms. The Balaban J connectivity index is 2.04. The Labute approximate surface area is 125 Å². The molecule has 2 rings (SSSR count). The second-order valence-corrected chi connectivity index (χ2v) is 7.09. The highest BCUT2D eigenvalue weighted by Crippen LogP contribution is 2.19. The summed E-state index contributed by atoms with van der Waals surface area (Å²) in [7, 11) is -3.16. The topological polar surface area (TPSA) is 66.4 Å². The summed E-state index contributed by atoms with van der Waals surface area (Å²) in [5.41, 5.74) is 1.83. The van der Waals surface area contributed by atoms with Crippen molar-refractivity contribution in [1.82, 2.24) is 5.32 Å². The Hall–Kier alpha value is -1.85. The number of phenols is 1. The molecule has 5 heteroatoms. The van der Waals surface area contributed by atoms with Crippen LogP contribution in [0.4, 0.5) is 0 Å². The number of hydrogen-bond donors (Lipinski definition) is 2. The molecular formula is C16H19NO3S. The number of hydrogen-bond acceptors (Lipinski definition) is 4. The van der Waals surface area contributed by atoms with E-state index < -0.39 is 9.84 Å². The number of para-hydroxylation sites is 1. The van der Waals surface area contributed by atoms with Gasteiger partial charge in [-0.15, -0.1) is 0 Å². The largest absolute Gasteiger partial charge is 0.508 e. The lowest BCUT2D eigenvalue weighted by atomic mass is 10.1. The van der Waals surface area contributed by atoms with Crippen molar-refractivity contribution in [2.75, 3.05) is 6.26 Å². The molecule has 0 saturated carbocycles. The summed E-state index contributed by atoms with van der Waals surface area (Å²) >= 11 is 0. The number of aromatic hydroxyl groups is 1. The SMILES string of the molecule is CC(NCc1ccccc1O)c1ccc(S(C)(=O)=O)cc1. The van der Waals surface area contributed by atoms with Crippen molar-refractivity contribution in [3.8, 4) is 5.75 Å². The van der Waals surface area contributed by atoms with Crippen LogP contribution < -0.4 is 5.32 Å². The van der Waals surface area contributed by atoms with E-state index in [4.69, 9.17) is 0 Å². The molecule has 0 amide bonds. The number of sulfone groups is 1. The molecule has 0 aromatic heterocycles. The maximum atomic E-state index is 11.4. The summed E-state index contributed by atoms with van der Waals surface area (Å²) in [6.45, 7) is 2.54. The number of phenolic OH excluding ortho intramolecular Hbond substituents is 1. The van der Waals surface area contributed by atoms with Crippen LogP contribution in [0.1, 0.15) is 24.1 Å². The third-order valence-electron chi connectivity index (χ3n) is 3.40. The predicted molar refractivity (Wildman–Crippen MR) is 82.9 cm³/mol. The average molecular weight is 305 g/mol. The Morgan fingerprint density at radius 2 is 1.71 bits per heavy atom. The Kier molecular flexibility index (Phi) is 4.65. The normalized spacial score (nSPS) is 13.0. The minimum absolute atomic E-state index is 0.0539. The van der Waals surface area contributed by atoms with Crippen molar-refractivity contribution < 1.29 is 13.5 Å². The van der Waals surface area contributed by atoms with Crippen LogP contribution in [0, 0.1) is 0 Å². The van der Waals surface area contributed by atoms with Crippen molar-refractivity contribution in [3.63, 3.8) is 0 Å². The maximum Gasteiger partial charge on any atom is 0.175 e. The zero-order valence-electron chi connectivity index (χ0n) is 12.1. The van der Waals surface area contributed by atoms with Crippen molar-refractivity contribution in [1.29, 1.82) is 0 Å². The highest BCUT2D eigenvalue weighted by atomic mass is 32.2. The van der Waals surface area contributed by atoms with Crippen LogP contribution in [0.2, 0.25) is 0 Å². The Morgan fingerprint density at radius 3 is 2.29 bits per heavy atom. The zero-order valence-corrected chi connectivity index (χ0v) is 12.9. The van der Waals surface area contributed by atoms with Crippen LogP contribution in [0.15, 0.2) is 53.4 Å². The van der Waals surface area contributed by atoms with Crippen molar-refractivity contribution in [3.05, 3.63) is 59.7 Å². The van der Waals surface area contributed by atoms with Crippen LogP contribution in [-0.2, 0) is 16.4 Å². The fourth-order valence-electron chi connectivity index (χ4n) is 2.04. The lowest BCUT2D eigenvalue weighted by Gasteiger charge is -2.15. The van der Waals surface area contributed by atoms with Gasteiger partial charge in [0.2, 0.25) is 0 Å². The second kappa shape index (κ2) is 6.28. The van der Waals surface area contributed by atoms with E-state index in [1.165, 1.54) is 6.26 Å². The molecule has 0 fully saturated rings. The molecule has 112 valence electrons. The zero-order chi connectivity index (χ0) is 15.5. The smallest absolute Gasteiger partial charge is 0.175 e. The van der Waals surface area contributed by atoms with Gasteiger partial charge in [-0.2, -0.15) is 0 Å². The minimum atomic E-state index is -3.16. The lowest BCUT2D eigenvalue weighted by molar-refractivity contribution is 0.460. The first-order valence-electron chi connectivity index (χ1n) is 6.68. The molecule has 2 N–H and O–H groups in total. The fourth-order valence-corrected chi connectivity index (χ4v) is 2.68. The van der Waals surface area contributed by atoms with Gasteiger partial charge in [0.1, 0.15) is 5.75 Å². The summed E-state index contributed by atoms with van der Waals surface area (Å²) in [6, 6.07) is 14.1.